The summed E-state index contributed by atoms with van der Waals surface area (Å²) in [6.45, 7) is 3.22. The van der Waals surface area contributed by atoms with Crippen LogP contribution in [0.1, 0.15) is 80.6 Å². The van der Waals surface area contributed by atoms with E-state index in [2.05, 4.69) is 22.0 Å². The summed E-state index contributed by atoms with van der Waals surface area (Å²) < 4.78 is 15.0. The van der Waals surface area contributed by atoms with Gasteiger partial charge in [0.2, 0.25) is 0 Å². The second-order valence-electron chi connectivity index (χ2n) is 7.40. The lowest BCUT2D eigenvalue weighted by molar-refractivity contribution is -0.697. The highest BCUT2D eigenvalue weighted by molar-refractivity contribution is 5.94. The first-order chi connectivity index (χ1) is 14.2. The van der Waals surface area contributed by atoms with Gasteiger partial charge in [0, 0.05) is 18.6 Å². The van der Waals surface area contributed by atoms with E-state index in [1.807, 2.05) is 12.4 Å². The van der Waals surface area contributed by atoms with Crippen molar-refractivity contribution in [3.63, 3.8) is 0 Å². The minimum atomic E-state index is -0.300. The fourth-order valence-corrected chi connectivity index (χ4v) is 3.14. The van der Waals surface area contributed by atoms with Crippen molar-refractivity contribution in [1.82, 2.24) is 5.43 Å². The van der Waals surface area contributed by atoms with Gasteiger partial charge >= 0.3 is 0 Å². The van der Waals surface area contributed by atoms with Gasteiger partial charge in [0.1, 0.15) is 12.4 Å². The number of unbranched alkanes of at least 4 members (excludes halogenated alkanes) is 8. The van der Waals surface area contributed by atoms with Gasteiger partial charge in [-0.15, -0.1) is 0 Å². The van der Waals surface area contributed by atoms with Crippen molar-refractivity contribution in [2.75, 3.05) is 0 Å². The normalized spacial score (nSPS) is 11.1. The summed E-state index contributed by atoms with van der Waals surface area (Å²) >= 11 is 0. The van der Waals surface area contributed by atoms with Gasteiger partial charge in [-0.2, -0.15) is 5.10 Å². The van der Waals surface area contributed by atoms with Gasteiger partial charge in [-0.25, -0.2) is 14.4 Å². The lowest BCUT2D eigenvalue weighted by Crippen LogP contribution is -2.33. The number of amides is 1. The zero-order valence-corrected chi connectivity index (χ0v) is 17.4. The monoisotopic (exact) mass is 398 g/mol. The van der Waals surface area contributed by atoms with Crippen molar-refractivity contribution in [1.29, 1.82) is 0 Å². The van der Waals surface area contributed by atoms with Crippen LogP contribution in [-0.2, 0) is 6.54 Å². The Bertz CT molecular complexity index is 742. The number of halogens is 1. The van der Waals surface area contributed by atoms with Crippen molar-refractivity contribution < 1.29 is 13.8 Å². The Hall–Kier alpha value is -2.56. The number of rotatable bonds is 13. The van der Waals surface area contributed by atoms with Crippen LogP contribution in [0.2, 0.25) is 0 Å². The third-order valence-corrected chi connectivity index (χ3v) is 4.92. The summed E-state index contributed by atoms with van der Waals surface area (Å²) in [6, 6.07) is 9.51. The molecule has 1 N–H and O–H groups in total. The molecule has 0 unspecified atom stereocenters. The standard InChI is InChI=1S/C24H32FN3O/c1-2-3-4-5-6-7-8-9-10-17-28-18-15-22(16-19-28)24(29)27-26-20-21-11-13-23(25)14-12-21/h11-16,18-20H,2-10,17H2,1H3/p+1. The Morgan fingerprint density at radius 3 is 2.14 bits per heavy atom. The number of aromatic nitrogens is 1. The van der Waals surface area contributed by atoms with E-state index in [1.165, 1.54) is 69.7 Å². The number of pyridine rings is 1. The molecule has 1 aromatic heterocycles. The van der Waals surface area contributed by atoms with Gasteiger partial charge in [0.05, 0.1) is 11.8 Å². The molecule has 2 aromatic rings. The second-order valence-corrected chi connectivity index (χ2v) is 7.40. The van der Waals surface area contributed by atoms with Crippen molar-refractivity contribution in [3.8, 4) is 0 Å². The smallest absolute Gasteiger partial charge is 0.267 e. The maximum Gasteiger partial charge on any atom is 0.271 e. The van der Waals surface area contributed by atoms with Crippen LogP contribution < -0.4 is 9.99 Å². The van der Waals surface area contributed by atoms with Crippen LogP contribution in [0.4, 0.5) is 4.39 Å². The lowest BCUT2D eigenvalue weighted by Gasteiger charge is -2.02. The van der Waals surface area contributed by atoms with Crippen LogP contribution in [-0.4, -0.2) is 12.1 Å². The molecular formula is C24H33FN3O+. The average Bonchev–Trinajstić information content (AvgIpc) is 2.74. The molecule has 5 heteroatoms. The molecular weight excluding hydrogens is 365 g/mol. The molecule has 0 aliphatic carbocycles. The van der Waals surface area contributed by atoms with Crippen LogP contribution >= 0.6 is 0 Å². The minimum Gasteiger partial charge on any atom is -0.267 e. The summed E-state index contributed by atoms with van der Waals surface area (Å²) in [6.07, 6.45) is 17.2. The Balaban J connectivity index is 1.63. The number of nitrogens with one attached hydrogen (secondary N) is 1. The quantitative estimate of drug-likeness (QED) is 0.209. The highest BCUT2D eigenvalue weighted by Crippen LogP contribution is 2.09. The van der Waals surface area contributed by atoms with Gasteiger partial charge in [-0.05, 0) is 24.1 Å². The highest BCUT2D eigenvalue weighted by atomic mass is 19.1. The molecule has 0 saturated carbocycles. The molecule has 29 heavy (non-hydrogen) atoms. The molecule has 0 radical (unpaired) electrons. The molecule has 0 spiro atoms. The van der Waals surface area contributed by atoms with Crippen LogP contribution in [0.3, 0.4) is 0 Å². The number of nitrogens with zero attached hydrogens (tertiary/aromatic N) is 2. The molecule has 1 heterocycles. The van der Waals surface area contributed by atoms with Crippen LogP contribution in [0.5, 0.6) is 0 Å². The second kappa shape index (κ2) is 13.6. The lowest BCUT2D eigenvalue weighted by atomic mass is 10.1. The minimum absolute atomic E-state index is 0.265. The molecule has 1 amide bonds. The molecule has 0 aliphatic heterocycles. The zero-order chi connectivity index (χ0) is 20.7. The summed E-state index contributed by atoms with van der Waals surface area (Å²) in [5.74, 6) is -0.565. The van der Waals surface area contributed by atoms with Gasteiger partial charge in [0.15, 0.2) is 12.4 Å². The number of carbonyl (C=O) groups excluding carboxylic acids is 1. The molecule has 1 aromatic carbocycles. The fourth-order valence-electron chi connectivity index (χ4n) is 3.14. The van der Waals surface area contributed by atoms with Crippen molar-refractivity contribution in [2.24, 2.45) is 5.10 Å². The van der Waals surface area contributed by atoms with Gasteiger partial charge < -0.3 is 0 Å². The number of benzene rings is 1. The van der Waals surface area contributed by atoms with E-state index in [1.54, 1.807) is 24.3 Å². The predicted octanol–water partition coefficient (Wildman–Crippen LogP) is 5.41. The molecule has 0 atom stereocenters. The first-order valence-corrected chi connectivity index (χ1v) is 10.8. The van der Waals surface area contributed by atoms with E-state index in [0.717, 1.165) is 18.5 Å². The van der Waals surface area contributed by atoms with Crippen molar-refractivity contribution in [3.05, 3.63) is 65.7 Å². The summed E-state index contributed by atoms with van der Waals surface area (Å²) in [5.41, 5.74) is 3.77. The average molecular weight is 399 g/mol. The molecule has 0 fully saturated rings. The van der Waals surface area contributed by atoms with E-state index in [4.69, 9.17) is 0 Å². The Morgan fingerprint density at radius 2 is 1.52 bits per heavy atom. The molecule has 0 saturated heterocycles. The first-order valence-electron chi connectivity index (χ1n) is 10.8. The number of hydrogen-bond acceptors (Lipinski definition) is 2. The van der Waals surface area contributed by atoms with E-state index in [9.17, 15) is 9.18 Å². The summed E-state index contributed by atoms with van der Waals surface area (Å²) in [5, 5.41) is 3.92. The first kappa shape index (κ1) is 22.7. The van der Waals surface area contributed by atoms with Crippen molar-refractivity contribution in [2.45, 2.75) is 71.3 Å². The van der Waals surface area contributed by atoms with E-state index >= 15 is 0 Å². The SMILES string of the molecule is CCCCCCCCCCC[n+]1ccc(C(=O)NN=Cc2ccc(F)cc2)cc1. The van der Waals surface area contributed by atoms with E-state index in [-0.39, 0.29) is 11.7 Å². The molecule has 0 aliphatic rings. The molecule has 4 nitrogen and oxygen atoms in total. The number of carbonyl (C=O) groups is 1. The topological polar surface area (TPSA) is 45.3 Å². The van der Waals surface area contributed by atoms with Crippen LogP contribution in [0.25, 0.3) is 0 Å². The number of aryl methyl sites for hydroxylation is 1. The molecule has 156 valence electrons. The number of hydrazone groups is 1. The predicted molar refractivity (Wildman–Crippen MR) is 115 cm³/mol. The Labute approximate surface area is 173 Å². The van der Waals surface area contributed by atoms with E-state index < -0.39 is 0 Å². The molecule has 2 rings (SSSR count). The largest absolute Gasteiger partial charge is 0.271 e. The zero-order valence-electron chi connectivity index (χ0n) is 17.4. The third kappa shape index (κ3) is 9.46. The Morgan fingerprint density at radius 1 is 0.931 bits per heavy atom. The van der Waals surface area contributed by atoms with Gasteiger partial charge in [-0.1, -0.05) is 64.0 Å². The third-order valence-electron chi connectivity index (χ3n) is 4.92. The fraction of sp³-hybridized carbons (Fsp3) is 0.458. The maximum atomic E-state index is 12.9. The van der Waals surface area contributed by atoms with Crippen LogP contribution in [0.15, 0.2) is 53.9 Å². The molecule has 0 bridgehead atoms. The summed E-state index contributed by atoms with van der Waals surface area (Å²) in [7, 11) is 0. The van der Waals surface area contributed by atoms with Gasteiger partial charge in [0.25, 0.3) is 5.91 Å². The van der Waals surface area contributed by atoms with Gasteiger partial charge in [-0.3, -0.25) is 4.79 Å². The summed E-state index contributed by atoms with van der Waals surface area (Å²) in [4.78, 5) is 12.1. The van der Waals surface area contributed by atoms with E-state index in [0.29, 0.717) is 5.56 Å². The van der Waals surface area contributed by atoms with Crippen molar-refractivity contribution >= 4 is 12.1 Å². The highest BCUT2D eigenvalue weighted by Gasteiger charge is 2.07. The number of hydrogen-bond donors (Lipinski definition) is 1. The van der Waals surface area contributed by atoms with Crippen LogP contribution in [0, 0.1) is 5.82 Å². The maximum absolute atomic E-state index is 12.9. The Kier molecular flexibility index (Phi) is 10.6.